The topological polar surface area (TPSA) is 151 Å². The van der Waals surface area contributed by atoms with Crippen LogP contribution >= 0.6 is 11.8 Å². The van der Waals surface area contributed by atoms with Crippen molar-refractivity contribution < 1.29 is 34.4 Å². The number of thioether (sulfide) groups is 1. The van der Waals surface area contributed by atoms with E-state index in [0.29, 0.717) is 19.4 Å². The molecule has 1 heterocycles. The van der Waals surface area contributed by atoms with Gasteiger partial charge < -0.3 is 35.8 Å². The molecule has 25 heavy (non-hydrogen) atoms. The van der Waals surface area contributed by atoms with Crippen LogP contribution in [0.1, 0.15) is 26.2 Å². The summed E-state index contributed by atoms with van der Waals surface area (Å²) >= 11 is 1.65. The molecule has 1 aliphatic rings. The molecule has 1 unspecified atom stereocenters. The average Bonchev–Trinajstić information content (AvgIpc) is 2.59. The van der Waals surface area contributed by atoms with Crippen LogP contribution in [0.25, 0.3) is 0 Å². The van der Waals surface area contributed by atoms with Crippen LogP contribution in [0.15, 0.2) is 0 Å². The molecular formula is C15H28N2O7S. The Morgan fingerprint density at radius 1 is 1.44 bits per heavy atom. The predicted molar refractivity (Wildman–Crippen MR) is 92.1 cm³/mol. The molecule has 1 rings (SSSR count). The van der Waals surface area contributed by atoms with E-state index in [-0.39, 0.29) is 13.0 Å². The molecule has 1 fully saturated rings. The monoisotopic (exact) mass is 380 g/mol. The normalized spacial score (nSPS) is 29.4. The molecule has 0 aromatic rings. The maximum atomic E-state index is 11.7. The van der Waals surface area contributed by atoms with Crippen LogP contribution in [0.5, 0.6) is 0 Å². The minimum atomic E-state index is -1.95. The van der Waals surface area contributed by atoms with Gasteiger partial charge in [-0.05, 0) is 18.6 Å². The summed E-state index contributed by atoms with van der Waals surface area (Å²) in [4.78, 5) is 23.1. The molecule has 1 amide bonds. The highest BCUT2D eigenvalue weighted by Crippen LogP contribution is 2.32. The van der Waals surface area contributed by atoms with Gasteiger partial charge in [0.15, 0.2) is 0 Å². The first-order valence-corrected chi connectivity index (χ1v) is 9.47. The van der Waals surface area contributed by atoms with Crippen LogP contribution in [0.4, 0.5) is 0 Å². The van der Waals surface area contributed by atoms with Crippen molar-refractivity contribution in [1.29, 1.82) is 0 Å². The number of aliphatic hydroxyl groups excluding tert-OH is 2. The molecule has 1 saturated heterocycles. The fourth-order valence-electron chi connectivity index (χ4n) is 2.65. The Morgan fingerprint density at radius 3 is 2.72 bits per heavy atom. The van der Waals surface area contributed by atoms with Crippen molar-refractivity contribution in [2.75, 3.05) is 31.3 Å². The molecule has 10 heteroatoms. The standard InChI is InChI=1S/C15H28N2O7S/c1-2-11-13(17-12(20)9-18)10(19)8-15(24-11,14(21)22)23-5-3-6-25-7-4-16/h10-11,13,18-19H,2-9,16H2,1H3,(H,17,20)(H,21,22)/t10-,11-,13?,15+/m0/s1. The summed E-state index contributed by atoms with van der Waals surface area (Å²) in [5.41, 5.74) is 5.40. The number of aliphatic carboxylic acids is 1. The van der Waals surface area contributed by atoms with Crippen LogP contribution in [0, 0.1) is 0 Å². The zero-order valence-electron chi connectivity index (χ0n) is 14.3. The van der Waals surface area contributed by atoms with E-state index in [1.54, 1.807) is 18.7 Å². The van der Waals surface area contributed by atoms with Crippen molar-refractivity contribution in [2.45, 2.75) is 50.2 Å². The second-order valence-electron chi connectivity index (χ2n) is 5.75. The fraction of sp³-hybridized carbons (Fsp3) is 0.867. The van der Waals surface area contributed by atoms with Crippen molar-refractivity contribution in [3.63, 3.8) is 0 Å². The first kappa shape index (κ1) is 22.1. The van der Waals surface area contributed by atoms with E-state index >= 15 is 0 Å². The van der Waals surface area contributed by atoms with Gasteiger partial charge in [0.05, 0.1) is 24.9 Å². The van der Waals surface area contributed by atoms with Gasteiger partial charge in [0.1, 0.15) is 6.61 Å². The summed E-state index contributed by atoms with van der Waals surface area (Å²) in [6, 6.07) is -0.805. The molecule has 4 atom stereocenters. The van der Waals surface area contributed by atoms with Gasteiger partial charge >= 0.3 is 5.97 Å². The Hall–Kier alpha value is -0.910. The minimum absolute atomic E-state index is 0.167. The molecule has 0 spiro atoms. The lowest BCUT2D eigenvalue weighted by molar-refractivity contribution is -0.295. The smallest absolute Gasteiger partial charge is 0.364 e. The number of amides is 1. The first-order chi connectivity index (χ1) is 11.9. The zero-order chi connectivity index (χ0) is 18.9. The summed E-state index contributed by atoms with van der Waals surface area (Å²) in [6.07, 6.45) is -1.25. The molecule has 6 N–H and O–H groups in total. The molecule has 1 aliphatic heterocycles. The molecular weight excluding hydrogens is 352 g/mol. The minimum Gasteiger partial charge on any atom is -0.477 e. The van der Waals surface area contributed by atoms with E-state index in [0.717, 1.165) is 11.5 Å². The number of hydrogen-bond acceptors (Lipinski definition) is 8. The Bertz CT molecular complexity index is 440. The van der Waals surface area contributed by atoms with Gasteiger partial charge in [0.25, 0.3) is 5.79 Å². The number of carbonyl (C=O) groups is 2. The van der Waals surface area contributed by atoms with Gasteiger partial charge in [-0.3, -0.25) is 4.79 Å². The Balaban J connectivity index is 2.71. The van der Waals surface area contributed by atoms with Crippen LogP contribution in [0.2, 0.25) is 0 Å². The van der Waals surface area contributed by atoms with E-state index in [1.807, 2.05) is 0 Å². The van der Waals surface area contributed by atoms with Crippen molar-refractivity contribution in [2.24, 2.45) is 5.73 Å². The molecule has 0 saturated carbocycles. The SMILES string of the molecule is CC[C@@H]1O[C@@](OCCCSCCN)(C(=O)O)C[C@H](O)C1NC(=O)CO. The zero-order valence-corrected chi connectivity index (χ0v) is 15.2. The number of carboxylic acids is 1. The van der Waals surface area contributed by atoms with Crippen molar-refractivity contribution in [3.8, 4) is 0 Å². The summed E-state index contributed by atoms with van der Waals surface area (Å²) in [5.74, 6) is -2.32. The van der Waals surface area contributed by atoms with Gasteiger partial charge in [-0.2, -0.15) is 11.8 Å². The van der Waals surface area contributed by atoms with Gasteiger partial charge in [-0.1, -0.05) is 6.92 Å². The van der Waals surface area contributed by atoms with Crippen LogP contribution in [-0.4, -0.2) is 82.5 Å². The third kappa shape index (κ3) is 6.39. The maximum absolute atomic E-state index is 11.7. The third-order valence-corrected chi connectivity index (χ3v) is 4.97. The van der Waals surface area contributed by atoms with Gasteiger partial charge in [-0.15, -0.1) is 0 Å². The second-order valence-corrected chi connectivity index (χ2v) is 6.97. The van der Waals surface area contributed by atoms with Crippen molar-refractivity contribution >= 4 is 23.6 Å². The Morgan fingerprint density at radius 2 is 2.16 bits per heavy atom. The number of carbonyl (C=O) groups excluding carboxylic acids is 1. The highest BCUT2D eigenvalue weighted by atomic mass is 32.2. The average molecular weight is 380 g/mol. The van der Waals surface area contributed by atoms with E-state index < -0.39 is 42.5 Å². The number of ether oxygens (including phenoxy) is 2. The van der Waals surface area contributed by atoms with Crippen LogP contribution in [0.3, 0.4) is 0 Å². The fourth-order valence-corrected chi connectivity index (χ4v) is 3.34. The predicted octanol–water partition coefficient (Wildman–Crippen LogP) is -1.10. The second kappa shape index (κ2) is 10.9. The largest absolute Gasteiger partial charge is 0.477 e. The quantitative estimate of drug-likeness (QED) is 0.281. The third-order valence-electron chi connectivity index (χ3n) is 3.86. The molecule has 0 aromatic carbocycles. The molecule has 0 aliphatic carbocycles. The van der Waals surface area contributed by atoms with Crippen LogP contribution in [-0.2, 0) is 19.1 Å². The number of aliphatic hydroxyl groups is 2. The summed E-state index contributed by atoms with van der Waals surface area (Å²) in [7, 11) is 0. The van der Waals surface area contributed by atoms with Gasteiger partial charge in [-0.25, -0.2) is 4.79 Å². The Kier molecular flexibility index (Phi) is 9.69. The van der Waals surface area contributed by atoms with Crippen molar-refractivity contribution in [3.05, 3.63) is 0 Å². The van der Waals surface area contributed by atoms with E-state index in [1.165, 1.54) is 0 Å². The van der Waals surface area contributed by atoms with Gasteiger partial charge in [0, 0.05) is 18.7 Å². The number of nitrogens with two attached hydrogens (primary N) is 1. The van der Waals surface area contributed by atoms with Crippen LogP contribution < -0.4 is 11.1 Å². The summed E-state index contributed by atoms with van der Waals surface area (Å²) < 4.78 is 11.1. The van der Waals surface area contributed by atoms with Gasteiger partial charge in [0.2, 0.25) is 5.91 Å². The number of rotatable bonds is 11. The molecule has 0 radical (unpaired) electrons. The van der Waals surface area contributed by atoms with E-state index in [4.69, 9.17) is 20.3 Å². The molecule has 9 nitrogen and oxygen atoms in total. The lowest BCUT2D eigenvalue weighted by atomic mass is 9.91. The van der Waals surface area contributed by atoms with E-state index in [9.17, 15) is 19.8 Å². The number of nitrogens with one attached hydrogen (secondary N) is 1. The number of hydrogen-bond donors (Lipinski definition) is 5. The number of carboxylic acid groups (broad SMARTS) is 1. The highest BCUT2D eigenvalue weighted by molar-refractivity contribution is 7.99. The molecule has 146 valence electrons. The lowest BCUT2D eigenvalue weighted by Gasteiger charge is -2.44. The summed E-state index contributed by atoms with van der Waals surface area (Å²) in [6.45, 7) is 1.78. The first-order valence-electron chi connectivity index (χ1n) is 8.31. The lowest BCUT2D eigenvalue weighted by Crippen LogP contribution is -2.64. The maximum Gasteiger partial charge on any atom is 0.364 e. The highest BCUT2D eigenvalue weighted by Gasteiger charge is 2.52. The molecule has 0 bridgehead atoms. The Labute approximate surface area is 151 Å². The summed E-state index contributed by atoms with van der Waals surface area (Å²) in [5, 5.41) is 31.2. The van der Waals surface area contributed by atoms with E-state index in [2.05, 4.69) is 5.32 Å². The molecule has 0 aromatic heterocycles. The van der Waals surface area contributed by atoms with Crippen molar-refractivity contribution in [1.82, 2.24) is 5.32 Å².